The first-order valence-corrected chi connectivity index (χ1v) is 7.99. The fourth-order valence-electron chi connectivity index (χ4n) is 2.28. The van der Waals surface area contributed by atoms with Crippen LogP contribution in [-0.4, -0.2) is 15.9 Å². The second-order valence-electron chi connectivity index (χ2n) is 5.67. The number of nitrogens with zero attached hydrogens (tertiary/aromatic N) is 2. The molecule has 0 unspecified atom stereocenters. The van der Waals surface area contributed by atoms with Gasteiger partial charge in [-0.15, -0.1) is 0 Å². The fraction of sp³-hybridized carbons (Fsp3) is 0.105. The van der Waals surface area contributed by atoms with Crippen LogP contribution in [-0.2, 0) is 12.7 Å². The Hall–Kier alpha value is -3.42. The topological polar surface area (TPSA) is 66.9 Å². The Morgan fingerprint density at radius 3 is 2.19 bits per heavy atom. The van der Waals surface area contributed by atoms with Gasteiger partial charge < -0.3 is 10.6 Å². The minimum atomic E-state index is -4.41. The molecule has 138 valence electrons. The summed E-state index contributed by atoms with van der Waals surface area (Å²) in [5, 5.41) is 5.69. The van der Waals surface area contributed by atoms with Crippen LogP contribution < -0.4 is 10.6 Å². The zero-order valence-corrected chi connectivity index (χ0v) is 14.0. The van der Waals surface area contributed by atoms with Crippen molar-refractivity contribution in [1.29, 1.82) is 0 Å². The van der Waals surface area contributed by atoms with Gasteiger partial charge in [-0.1, -0.05) is 0 Å². The second-order valence-corrected chi connectivity index (χ2v) is 5.67. The molecule has 0 saturated heterocycles. The third kappa shape index (κ3) is 5.04. The van der Waals surface area contributed by atoms with E-state index >= 15 is 0 Å². The molecule has 0 aliphatic rings. The smallest absolute Gasteiger partial charge is 0.380 e. The van der Waals surface area contributed by atoms with E-state index < -0.39 is 17.6 Å². The molecule has 1 amide bonds. The van der Waals surface area contributed by atoms with Gasteiger partial charge in [0.15, 0.2) is 0 Å². The van der Waals surface area contributed by atoms with Gasteiger partial charge >= 0.3 is 6.18 Å². The van der Waals surface area contributed by atoms with Crippen molar-refractivity contribution in [3.63, 3.8) is 0 Å². The van der Waals surface area contributed by atoms with Crippen LogP contribution in [0.4, 0.5) is 24.5 Å². The lowest BCUT2D eigenvalue weighted by atomic mass is 10.2. The highest BCUT2D eigenvalue weighted by molar-refractivity contribution is 6.02. The third-order valence-corrected chi connectivity index (χ3v) is 3.71. The number of aromatic nitrogens is 2. The molecule has 0 aliphatic heterocycles. The Balaban J connectivity index is 1.58. The maximum Gasteiger partial charge on any atom is 0.416 e. The van der Waals surface area contributed by atoms with Gasteiger partial charge in [0, 0.05) is 24.6 Å². The Bertz CT molecular complexity index is 895. The number of nitrogens with one attached hydrogen (secondary N) is 2. The van der Waals surface area contributed by atoms with E-state index in [0.717, 1.165) is 23.4 Å². The summed E-state index contributed by atoms with van der Waals surface area (Å²) in [7, 11) is 0. The summed E-state index contributed by atoms with van der Waals surface area (Å²) in [6.45, 7) is 0.585. The lowest BCUT2D eigenvalue weighted by Gasteiger charge is -2.09. The molecule has 2 aromatic heterocycles. The molecule has 2 N–H and O–H groups in total. The average Bonchev–Trinajstić information content (AvgIpc) is 2.67. The molecule has 3 rings (SSSR count). The van der Waals surface area contributed by atoms with E-state index in [1.807, 2.05) is 12.1 Å². The Labute approximate surface area is 153 Å². The highest BCUT2D eigenvalue weighted by Crippen LogP contribution is 2.29. The quantitative estimate of drug-likeness (QED) is 0.698. The maximum atomic E-state index is 12.5. The van der Waals surface area contributed by atoms with E-state index in [1.54, 1.807) is 18.5 Å². The van der Waals surface area contributed by atoms with Crippen molar-refractivity contribution < 1.29 is 18.0 Å². The number of pyridine rings is 2. The van der Waals surface area contributed by atoms with Crippen LogP contribution in [0.25, 0.3) is 0 Å². The summed E-state index contributed by atoms with van der Waals surface area (Å²) in [5.74, 6) is -0.504. The third-order valence-electron chi connectivity index (χ3n) is 3.71. The van der Waals surface area contributed by atoms with Crippen LogP contribution in [0, 0.1) is 0 Å². The Kier molecular flexibility index (Phi) is 5.35. The minimum Gasteiger partial charge on any atom is -0.380 e. The van der Waals surface area contributed by atoms with Crippen molar-refractivity contribution in [1.82, 2.24) is 9.97 Å². The Morgan fingerprint density at radius 1 is 0.926 bits per heavy atom. The van der Waals surface area contributed by atoms with E-state index in [4.69, 9.17) is 0 Å². The van der Waals surface area contributed by atoms with Gasteiger partial charge in [0.1, 0.15) is 5.69 Å². The maximum absolute atomic E-state index is 12.5. The molecule has 0 spiro atoms. The second kappa shape index (κ2) is 7.86. The molecule has 27 heavy (non-hydrogen) atoms. The van der Waals surface area contributed by atoms with E-state index in [9.17, 15) is 18.0 Å². The highest BCUT2D eigenvalue weighted by atomic mass is 19.4. The van der Waals surface area contributed by atoms with Crippen LogP contribution in [0.3, 0.4) is 0 Å². The molecule has 0 fully saturated rings. The van der Waals surface area contributed by atoms with Gasteiger partial charge in [0.05, 0.1) is 17.4 Å². The van der Waals surface area contributed by atoms with Gasteiger partial charge in [-0.05, 0) is 54.1 Å². The number of carbonyl (C=O) groups excluding carboxylic acids is 1. The van der Waals surface area contributed by atoms with Crippen molar-refractivity contribution in [3.05, 3.63) is 83.9 Å². The summed E-state index contributed by atoms with van der Waals surface area (Å²) >= 11 is 0. The lowest BCUT2D eigenvalue weighted by Crippen LogP contribution is -2.14. The van der Waals surface area contributed by atoms with Gasteiger partial charge in [-0.2, -0.15) is 13.2 Å². The highest BCUT2D eigenvalue weighted by Gasteiger charge is 2.30. The van der Waals surface area contributed by atoms with Crippen LogP contribution in [0.5, 0.6) is 0 Å². The first-order chi connectivity index (χ1) is 12.9. The first-order valence-electron chi connectivity index (χ1n) is 7.99. The molecular formula is C19H15F3N4O. The average molecular weight is 372 g/mol. The number of benzene rings is 1. The fourth-order valence-corrected chi connectivity index (χ4v) is 2.28. The zero-order valence-electron chi connectivity index (χ0n) is 14.0. The Morgan fingerprint density at radius 2 is 1.59 bits per heavy atom. The molecule has 0 saturated carbocycles. The molecular weight excluding hydrogens is 357 g/mol. The molecule has 1 aromatic carbocycles. The largest absolute Gasteiger partial charge is 0.416 e. The van der Waals surface area contributed by atoms with Gasteiger partial charge in [0.2, 0.25) is 0 Å². The molecule has 2 heterocycles. The number of alkyl halides is 3. The molecule has 0 radical (unpaired) electrons. The van der Waals surface area contributed by atoms with E-state index in [0.29, 0.717) is 6.54 Å². The van der Waals surface area contributed by atoms with Gasteiger partial charge in [-0.25, -0.2) is 4.98 Å². The number of halogens is 3. The normalized spacial score (nSPS) is 11.1. The lowest BCUT2D eigenvalue weighted by molar-refractivity contribution is -0.137. The van der Waals surface area contributed by atoms with Crippen LogP contribution >= 0.6 is 0 Å². The SMILES string of the molecule is O=C(Nc1ccc(C(F)(F)F)cc1)c1ccc(NCc2ccncc2)cn1. The van der Waals surface area contributed by atoms with Crippen molar-refractivity contribution in [3.8, 4) is 0 Å². The summed E-state index contributed by atoms with van der Waals surface area (Å²) in [4.78, 5) is 20.2. The van der Waals surface area contributed by atoms with E-state index in [2.05, 4.69) is 20.6 Å². The molecule has 0 atom stereocenters. The standard InChI is InChI=1S/C19H15F3N4O/c20-19(21,22)14-1-3-15(4-2-14)26-18(27)17-6-5-16(12-25-17)24-11-13-7-9-23-10-8-13/h1-10,12,24H,11H2,(H,26,27). The number of anilines is 2. The monoisotopic (exact) mass is 372 g/mol. The number of hydrogen-bond donors (Lipinski definition) is 2. The molecule has 0 bridgehead atoms. The molecule has 8 heteroatoms. The summed E-state index contributed by atoms with van der Waals surface area (Å²) in [6.07, 6.45) is 0.500. The number of hydrogen-bond acceptors (Lipinski definition) is 4. The van der Waals surface area contributed by atoms with Crippen molar-refractivity contribution in [2.45, 2.75) is 12.7 Å². The predicted octanol–water partition coefficient (Wildman–Crippen LogP) is 4.36. The van der Waals surface area contributed by atoms with Crippen molar-refractivity contribution in [2.75, 3.05) is 10.6 Å². The minimum absolute atomic E-state index is 0.157. The van der Waals surface area contributed by atoms with Crippen LogP contribution in [0.2, 0.25) is 0 Å². The summed E-state index contributed by atoms with van der Waals surface area (Å²) < 4.78 is 37.6. The molecule has 5 nitrogen and oxygen atoms in total. The van der Waals surface area contributed by atoms with Crippen molar-refractivity contribution in [2.24, 2.45) is 0 Å². The molecule has 3 aromatic rings. The van der Waals surface area contributed by atoms with E-state index in [-0.39, 0.29) is 11.4 Å². The summed E-state index contributed by atoms with van der Waals surface area (Å²) in [5.41, 5.74) is 1.43. The number of amides is 1. The summed E-state index contributed by atoms with van der Waals surface area (Å²) in [6, 6.07) is 11.2. The van der Waals surface area contributed by atoms with Gasteiger partial charge in [0.25, 0.3) is 5.91 Å². The number of rotatable bonds is 5. The number of carbonyl (C=O) groups is 1. The predicted molar refractivity (Wildman–Crippen MR) is 95.2 cm³/mol. The van der Waals surface area contributed by atoms with Crippen LogP contribution in [0.15, 0.2) is 67.1 Å². The molecule has 0 aliphatic carbocycles. The van der Waals surface area contributed by atoms with Gasteiger partial charge in [-0.3, -0.25) is 9.78 Å². The van der Waals surface area contributed by atoms with Crippen LogP contribution in [0.1, 0.15) is 21.6 Å². The van der Waals surface area contributed by atoms with Crippen molar-refractivity contribution >= 4 is 17.3 Å². The first kappa shape index (κ1) is 18.4. The van der Waals surface area contributed by atoms with E-state index in [1.165, 1.54) is 24.4 Å². The zero-order chi connectivity index (χ0) is 19.3.